The van der Waals surface area contributed by atoms with Crippen molar-refractivity contribution in [2.45, 2.75) is 6.54 Å². The summed E-state index contributed by atoms with van der Waals surface area (Å²) < 4.78 is 0. The lowest BCUT2D eigenvalue weighted by molar-refractivity contribution is 0.779. The van der Waals surface area contributed by atoms with Crippen LogP contribution in [0.1, 0.15) is 5.69 Å². The highest BCUT2D eigenvalue weighted by Crippen LogP contribution is 2.14. The predicted molar refractivity (Wildman–Crippen MR) is 63.1 cm³/mol. The lowest BCUT2D eigenvalue weighted by atomic mass is 10.1. The van der Waals surface area contributed by atoms with E-state index in [1.54, 1.807) is 0 Å². The van der Waals surface area contributed by atoms with Crippen LogP contribution in [0, 0.1) is 0 Å². The van der Waals surface area contributed by atoms with Gasteiger partial charge in [-0.3, -0.25) is 0 Å². The van der Waals surface area contributed by atoms with Gasteiger partial charge in [-0.2, -0.15) is 4.98 Å². The Bertz CT molecular complexity index is 519. The van der Waals surface area contributed by atoms with E-state index < -0.39 is 0 Å². The molecule has 4 heteroatoms. The minimum absolute atomic E-state index is 0.313. The summed E-state index contributed by atoms with van der Waals surface area (Å²) in [4.78, 5) is 18.0. The van der Waals surface area contributed by atoms with Crippen LogP contribution in [0.25, 0.3) is 11.3 Å². The molecule has 2 rings (SSSR count). The standard InChI is InChI=1S/C12H13N3O/c1-13-8-10-7-11(15-12(16)14-10)9-5-3-2-4-6-9/h2-7,13H,8H2,1H3,(H,14,15,16). The Kier molecular flexibility index (Phi) is 3.12. The van der Waals surface area contributed by atoms with Gasteiger partial charge in [0.15, 0.2) is 0 Å². The van der Waals surface area contributed by atoms with Crippen molar-refractivity contribution in [1.29, 1.82) is 0 Å². The van der Waals surface area contributed by atoms with Gasteiger partial charge in [-0.25, -0.2) is 4.79 Å². The Morgan fingerprint density at radius 2 is 2.06 bits per heavy atom. The molecule has 0 aliphatic rings. The van der Waals surface area contributed by atoms with Gasteiger partial charge in [0.25, 0.3) is 0 Å². The zero-order valence-electron chi connectivity index (χ0n) is 9.03. The SMILES string of the molecule is CNCc1cc(-c2ccccc2)nc(=O)[nH]1. The van der Waals surface area contributed by atoms with Crippen LogP contribution < -0.4 is 11.0 Å². The zero-order valence-corrected chi connectivity index (χ0v) is 9.03. The van der Waals surface area contributed by atoms with Crippen LogP contribution in [0.2, 0.25) is 0 Å². The number of hydrogen-bond donors (Lipinski definition) is 2. The molecule has 0 aliphatic carbocycles. The molecule has 0 saturated carbocycles. The van der Waals surface area contributed by atoms with E-state index in [1.165, 1.54) is 0 Å². The van der Waals surface area contributed by atoms with Gasteiger partial charge in [0.1, 0.15) is 0 Å². The first-order valence-electron chi connectivity index (χ1n) is 5.10. The molecule has 0 spiro atoms. The van der Waals surface area contributed by atoms with Gasteiger partial charge in [-0.15, -0.1) is 0 Å². The fourth-order valence-corrected chi connectivity index (χ4v) is 1.55. The number of benzene rings is 1. The van der Waals surface area contributed by atoms with E-state index in [0.29, 0.717) is 12.2 Å². The highest BCUT2D eigenvalue weighted by atomic mass is 16.1. The second-order valence-electron chi connectivity index (χ2n) is 3.49. The monoisotopic (exact) mass is 215 g/mol. The van der Waals surface area contributed by atoms with Gasteiger partial charge in [0.2, 0.25) is 0 Å². The number of H-pyrrole nitrogens is 1. The number of rotatable bonds is 3. The second kappa shape index (κ2) is 4.72. The van der Waals surface area contributed by atoms with Crippen LogP contribution in [0.3, 0.4) is 0 Å². The topological polar surface area (TPSA) is 57.8 Å². The molecule has 0 bridgehead atoms. The van der Waals surface area contributed by atoms with E-state index in [0.717, 1.165) is 11.3 Å². The van der Waals surface area contributed by atoms with Crippen molar-refractivity contribution >= 4 is 0 Å². The summed E-state index contributed by atoms with van der Waals surface area (Å²) >= 11 is 0. The molecular weight excluding hydrogens is 202 g/mol. The van der Waals surface area contributed by atoms with Crippen LogP contribution in [0.4, 0.5) is 0 Å². The molecule has 1 aromatic heterocycles. The van der Waals surface area contributed by atoms with Crippen molar-refractivity contribution < 1.29 is 0 Å². The predicted octanol–water partition coefficient (Wildman–Crippen LogP) is 1.16. The average molecular weight is 215 g/mol. The first kappa shape index (κ1) is 10.6. The van der Waals surface area contributed by atoms with Gasteiger partial charge in [0.05, 0.1) is 5.69 Å². The van der Waals surface area contributed by atoms with E-state index in [-0.39, 0.29) is 5.69 Å². The summed E-state index contributed by atoms with van der Waals surface area (Å²) in [6, 6.07) is 11.5. The molecule has 16 heavy (non-hydrogen) atoms. The van der Waals surface area contributed by atoms with Crippen LogP contribution in [0.5, 0.6) is 0 Å². The molecule has 82 valence electrons. The maximum Gasteiger partial charge on any atom is 0.345 e. The number of nitrogens with one attached hydrogen (secondary N) is 2. The highest BCUT2D eigenvalue weighted by Gasteiger charge is 2.02. The average Bonchev–Trinajstić information content (AvgIpc) is 2.30. The first-order chi connectivity index (χ1) is 7.79. The normalized spacial score (nSPS) is 10.3. The third kappa shape index (κ3) is 2.35. The summed E-state index contributed by atoms with van der Waals surface area (Å²) in [6.45, 7) is 0.623. The molecule has 0 unspecified atom stereocenters. The van der Waals surface area contributed by atoms with E-state index in [9.17, 15) is 4.79 Å². The molecular formula is C12H13N3O. The van der Waals surface area contributed by atoms with Crippen molar-refractivity contribution in [2.75, 3.05) is 7.05 Å². The molecule has 4 nitrogen and oxygen atoms in total. The second-order valence-corrected chi connectivity index (χ2v) is 3.49. The fraction of sp³-hybridized carbons (Fsp3) is 0.167. The quantitative estimate of drug-likeness (QED) is 0.807. The Morgan fingerprint density at radius 1 is 1.31 bits per heavy atom. The van der Waals surface area contributed by atoms with Crippen LogP contribution in [-0.2, 0) is 6.54 Å². The molecule has 0 fully saturated rings. The highest BCUT2D eigenvalue weighted by molar-refractivity contribution is 5.58. The van der Waals surface area contributed by atoms with E-state index >= 15 is 0 Å². The maximum absolute atomic E-state index is 11.4. The number of aromatic amines is 1. The third-order valence-electron chi connectivity index (χ3n) is 2.24. The molecule has 0 saturated heterocycles. The Morgan fingerprint density at radius 3 is 2.75 bits per heavy atom. The minimum atomic E-state index is -0.313. The summed E-state index contributed by atoms with van der Waals surface area (Å²) in [6.07, 6.45) is 0. The summed E-state index contributed by atoms with van der Waals surface area (Å²) in [5, 5.41) is 2.99. The van der Waals surface area contributed by atoms with Crippen molar-refractivity contribution in [3.05, 3.63) is 52.6 Å². The van der Waals surface area contributed by atoms with Gasteiger partial charge in [-0.05, 0) is 13.1 Å². The lowest BCUT2D eigenvalue weighted by Crippen LogP contribution is -2.17. The molecule has 0 aliphatic heterocycles. The molecule has 0 atom stereocenters. The molecule has 0 radical (unpaired) electrons. The van der Waals surface area contributed by atoms with Gasteiger partial charge >= 0.3 is 5.69 Å². The molecule has 1 aromatic carbocycles. The molecule has 2 N–H and O–H groups in total. The van der Waals surface area contributed by atoms with Crippen LogP contribution >= 0.6 is 0 Å². The summed E-state index contributed by atoms with van der Waals surface area (Å²) in [7, 11) is 1.83. The summed E-state index contributed by atoms with van der Waals surface area (Å²) in [5.74, 6) is 0. The van der Waals surface area contributed by atoms with Crippen molar-refractivity contribution in [2.24, 2.45) is 0 Å². The van der Waals surface area contributed by atoms with E-state index in [2.05, 4.69) is 15.3 Å². The number of aromatic nitrogens is 2. The van der Waals surface area contributed by atoms with Crippen molar-refractivity contribution in [1.82, 2.24) is 15.3 Å². The van der Waals surface area contributed by atoms with Gasteiger partial charge < -0.3 is 10.3 Å². The van der Waals surface area contributed by atoms with Crippen molar-refractivity contribution in [3.8, 4) is 11.3 Å². The van der Waals surface area contributed by atoms with Crippen molar-refractivity contribution in [3.63, 3.8) is 0 Å². The third-order valence-corrected chi connectivity index (χ3v) is 2.24. The molecule has 0 amide bonds. The molecule has 2 aromatic rings. The Hall–Kier alpha value is -1.94. The first-order valence-corrected chi connectivity index (χ1v) is 5.10. The van der Waals surface area contributed by atoms with Crippen LogP contribution in [0.15, 0.2) is 41.2 Å². The lowest BCUT2D eigenvalue weighted by Gasteiger charge is -2.03. The van der Waals surface area contributed by atoms with Gasteiger partial charge in [-0.1, -0.05) is 30.3 Å². The fourth-order valence-electron chi connectivity index (χ4n) is 1.55. The maximum atomic E-state index is 11.4. The zero-order chi connectivity index (χ0) is 11.4. The minimum Gasteiger partial charge on any atom is -0.314 e. The number of nitrogens with zero attached hydrogens (tertiary/aromatic N) is 1. The van der Waals surface area contributed by atoms with E-state index in [4.69, 9.17) is 0 Å². The van der Waals surface area contributed by atoms with Gasteiger partial charge in [0, 0.05) is 17.8 Å². The number of hydrogen-bond acceptors (Lipinski definition) is 3. The Balaban J connectivity index is 2.45. The van der Waals surface area contributed by atoms with Crippen LogP contribution in [-0.4, -0.2) is 17.0 Å². The Labute approximate surface area is 93.4 Å². The van der Waals surface area contributed by atoms with E-state index in [1.807, 2.05) is 43.4 Å². The molecule has 1 heterocycles. The smallest absolute Gasteiger partial charge is 0.314 e. The summed E-state index contributed by atoms with van der Waals surface area (Å²) in [5.41, 5.74) is 2.17. The largest absolute Gasteiger partial charge is 0.345 e.